The van der Waals surface area contributed by atoms with Crippen molar-refractivity contribution in [2.75, 3.05) is 16.8 Å². The molecule has 4 rings (SSSR count). The third kappa shape index (κ3) is 3.90. The molecule has 1 saturated carbocycles. The summed E-state index contributed by atoms with van der Waals surface area (Å²) in [6.07, 6.45) is 0.558. The average Bonchev–Trinajstić information content (AvgIpc) is 2.95. The lowest BCUT2D eigenvalue weighted by Crippen LogP contribution is -2.37. The Labute approximate surface area is 166 Å². The van der Waals surface area contributed by atoms with Crippen molar-refractivity contribution < 1.29 is 18.0 Å². The second-order valence-electron chi connectivity index (χ2n) is 8.01. The summed E-state index contributed by atoms with van der Waals surface area (Å²) < 4.78 is 39.4. The van der Waals surface area contributed by atoms with Crippen LogP contribution in [0.25, 0.3) is 0 Å². The van der Waals surface area contributed by atoms with E-state index in [0.29, 0.717) is 6.54 Å². The van der Waals surface area contributed by atoms with Gasteiger partial charge in [0.15, 0.2) is 5.13 Å². The Balaban J connectivity index is 1.44. The molecule has 1 aliphatic heterocycles. The van der Waals surface area contributed by atoms with Gasteiger partial charge in [-0.2, -0.15) is 4.39 Å². The minimum Gasteiger partial charge on any atom is -0.366 e. The van der Waals surface area contributed by atoms with Crippen LogP contribution in [0.3, 0.4) is 0 Å². The number of carbonyl (C=O) groups excluding carboxylic acids is 1. The predicted octanol–water partition coefficient (Wildman–Crippen LogP) is 5.44. The maximum absolute atomic E-state index is 13.5. The van der Waals surface area contributed by atoms with Crippen LogP contribution in [0.2, 0.25) is 0 Å². The Hall–Kier alpha value is -2.02. The van der Waals surface area contributed by atoms with Gasteiger partial charge in [-0.3, -0.25) is 4.79 Å². The van der Waals surface area contributed by atoms with Crippen molar-refractivity contribution in [3.05, 3.63) is 44.9 Å². The number of hydrogen-bond acceptors (Lipinski definition) is 3. The standard InChI is InChI=1S/C21H23F3N2OS/c1-12-5-16(26-4-3-15-8-18(22)28-17(15)11-26)6-13(2)20(12)25-19(27)7-14-9-21(23,24)10-14/h5-6,8,14H,3-4,7,9-11H2,1-2H3,(H,25,27). The molecule has 1 aromatic carbocycles. The second kappa shape index (κ2) is 7.10. The third-order valence-corrected chi connectivity index (χ3v) is 6.60. The van der Waals surface area contributed by atoms with Gasteiger partial charge in [0.2, 0.25) is 11.8 Å². The lowest BCUT2D eigenvalue weighted by atomic mass is 9.79. The molecule has 0 radical (unpaired) electrons. The number of thiophene rings is 1. The van der Waals surface area contributed by atoms with Gasteiger partial charge in [0.05, 0.1) is 6.54 Å². The van der Waals surface area contributed by atoms with E-state index in [4.69, 9.17) is 0 Å². The molecule has 0 atom stereocenters. The van der Waals surface area contributed by atoms with Gasteiger partial charge >= 0.3 is 0 Å². The molecule has 7 heteroatoms. The average molecular weight is 408 g/mol. The highest BCUT2D eigenvalue weighted by Gasteiger charge is 2.45. The van der Waals surface area contributed by atoms with Gasteiger partial charge in [-0.15, -0.1) is 11.3 Å². The fourth-order valence-corrected chi connectivity index (χ4v) is 5.16. The number of nitrogens with one attached hydrogen (secondary N) is 1. The van der Waals surface area contributed by atoms with E-state index in [-0.39, 0.29) is 36.2 Å². The lowest BCUT2D eigenvalue weighted by Gasteiger charge is -2.34. The van der Waals surface area contributed by atoms with E-state index < -0.39 is 5.92 Å². The Morgan fingerprint density at radius 3 is 2.57 bits per heavy atom. The van der Waals surface area contributed by atoms with Crippen LogP contribution in [0.4, 0.5) is 24.5 Å². The van der Waals surface area contributed by atoms with Crippen LogP contribution < -0.4 is 10.2 Å². The summed E-state index contributed by atoms with van der Waals surface area (Å²) in [4.78, 5) is 15.5. The molecule has 3 nitrogen and oxygen atoms in total. The summed E-state index contributed by atoms with van der Waals surface area (Å²) in [5.74, 6) is -3.04. The number of alkyl halides is 2. The number of rotatable bonds is 4. The minimum atomic E-state index is -2.60. The molecule has 1 N–H and O–H groups in total. The molecule has 1 fully saturated rings. The molecule has 0 saturated heterocycles. The highest BCUT2D eigenvalue weighted by Crippen LogP contribution is 2.44. The van der Waals surface area contributed by atoms with Gasteiger partial charge in [-0.05, 0) is 61.1 Å². The van der Waals surface area contributed by atoms with Crippen molar-refractivity contribution in [1.82, 2.24) is 0 Å². The molecule has 2 heterocycles. The normalized spacial score (nSPS) is 18.5. The number of anilines is 2. The fraction of sp³-hybridized carbons (Fsp3) is 0.476. The first-order chi connectivity index (χ1) is 13.2. The van der Waals surface area contributed by atoms with Gasteiger partial charge in [0.1, 0.15) is 0 Å². The van der Waals surface area contributed by atoms with Crippen molar-refractivity contribution in [3.63, 3.8) is 0 Å². The van der Waals surface area contributed by atoms with Crippen molar-refractivity contribution >= 4 is 28.6 Å². The summed E-state index contributed by atoms with van der Waals surface area (Å²) in [5.41, 5.74) is 4.76. The maximum atomic E-state index is 13.5. The first-order valence-electron chi connectivity index (χ1n) is 9.51. The van der Waals surface area contributed by atoms with E-state index in [9.17, 15) is 18.0 Å². The summed E-state index contributed by atoms with van der Waals surface area (Å²) >= 11 is 1.20. The highest BCUT2D eigenvalue weighted by molar-refractivity contribution is 7.10. The summed E-state index contributed by atoms with van der Waals surface area (Å²) in [5, 5.41) is 2.77. The number of benzene rings is 1. The van der Waals surface area contributed by atoms with E-state index in [2.05, 4.69) is 10.2 Å². The molecular weight excluding hydrogens is 385 g/mol. The molecule has 2 aromatic rings. The molecule has 0 bridgehead atoms. The van der Waals surface area contributed by atoms with Crippen molar-refractivity contribution in [2.45, 2.75) is 52.0 Å². The van der Waals surface area contributed by atoms with E-state index in [1.165, 1.54) is 11.3 Å². The molecule has 0 unspecified atom stereocenters. The van der Waals surface area contributed by atoms with E-state index in [1.54, 1.807) is 6.07 Å². The maximum Gasteiger partial charge on any atom is 0.248 e. The van der Waals surface area contributed by atoms with E-state index in [0.717, 1.165) is 45.9 Å². The fourth-order valence-electron chi connectivity index (χ4n) is 4.21. The number of amides is 1. The molecule has 28 heavy (non-hydrogen) atoms. The van der Waals surface area contributed by atoms with Crippen molar-refractivity contribution in [2.24, 2.45) is 5.92 Å². The van der Waals surface area contributed by atoms with Crippen LogP contribution in [-0.2, 0) is 17.8 Å². The molecule has 0 spiro atoms. The molecular formula is C21H23F3N2OS. The van der Waals surface area contributed by atoms with Crippen molar-refractivity contribution in [1.29, 1.82) is 0 Å². The molecule has 2 aliphatic rings. The van der Waals surface area contributed by atoms with Crippen LogP contribution >= 0.6 is 11.3 Å². The van der Waals surface area contributed by atoms with Gasteiger partial charge < -0.3 is 10.2 Å². The molecule has 1 aliphatic carbocycles. The van der Waals surface area contributed by atoms with Crippen molar-refractivity contribution in [3.8, 4) is 0 Å². The van der Waals surface area contributed by atoms with Gasteiger partial charge in [0.25, 0.3) is 0 Å². The van der Waals surface area contributed by atoms with Crippen LogP contribution in [-0.4, -0.2) is 18.4 Å². The zero-order valence-electron chi connectivity index (χ0n) is 15.9. The van der Waals surface area contributed by atoms with Gasteiger partial charge in [0, 0.05) is 42.1 Å². The molecule has 1 aromatic heterocycles. The van der Waals surface area contributed by atoms with E-state index >= 15 is 0 Å². The number of hydrogen-bond donors (Lipinski definition) is 1. The van der Waals surface area contributed by atoms with Crippen LogP contribution in [0, 0.1) is 24.9 Å². The number of fused-ring (bicyclic) bond motifs is 1. The summed E-state index contributed by atoms with van der Waals surface area (Å²) in [6, 6.07) is 5.68. The second-order valence-corrected chi connectivity index (χ2v) is 9.09. The lowest BCUT2D eigenvalue weighted by molar-refractivity contribution is -0.129. The Bertz CT molecular complexity index is 893. The SMILES string of the molecule is Cc1cc(N2CCc3cc(F)sc3C2)cc(C)c1NC(=O)CC1CC(F)(F)C1. The van der Waals surface area contributed by atoms with Gasteiger partial charge in [-0.1, -0.05) is 0 Å². The van der Waals surface area contributed by atoms with Crippen LogP contribution in [0.5, 0.6) is 0 Å². The monoisotopic (exact) mass is 408 g/mol. The zero-order valence-corrected chi connectivity index (χ0v) is 16.8. The Kier molecular flexibility index (Phi) is 4.89. The topological polar surface area (TPSA) is 32.3 Å². The largest absolute Gasteiger partial charge is 0.366 e. The van der Waals surface area contributed by atoms with Crippen LogP contribution in [0.1, 0.15) is 40.8 Å². The number of nitrogens with zero attached hydrogens (tertiary/aromatic N) is 1. The number of carbonyl (C=O) groups is 1. The highest BCUT2D eigenvalue weighted by atomic mass is 32.1. The van der Waals surface area contributed by atoms with Gasteiger partial charge in [-0.25, -0.2) is 8.78 Å². The molecule has 1 amide bonds. The quantitative estimate of drug-likeness (QED) is 0.731. The Morgan fingerprint density at radius 2 is 1.93 bits per heavy atom. The van der Waals surface area contributed by atoms with E-state index in [1.807, 2.05) is 26.0 Å². The first kappa shape index (κ1) is 19.3. The first-order valence-corrected chi connectivity index (χ1v) is 10.3. The smallest absolute Gasteiger partial charge is 0.248 e. The summed E-state index contributed by atoms with van der Waals surface area (Å²) in [6.45, 7) is 5.38. The number of halogens is 3. The number of aryl methyl sites for hydroxylation is 2. The predicted molar refractivity (Wildman–Crippen MR) is 106 cm³/mol. The summed E-state index contributed by atoms with van der Waals surface area (Å²) in [7, 11) is 0. The third-order valence-electron chi connectivity index (χ3n) is 5.65. The Morgan fingerprint density at radius 1 is 1.25 bits per heavy atom. The molecule has 150 valence electrons. The van der Waals surface area contributed by atoms with Crippen LogP contribution in [0.15, 0.2) is 18.2 Å². The zero-order chi connectivity index (χ0) is 20.1. The minimum absolute atomic E-state index is 0.134.